The normalized spacial score (nSPS) is 51.2. The van der Waals surface area contributed by atoms with Crippen molar-refractivity contribution in [3.8, 4) is 0 Å². The largest absolute Gasteiger partial charge is 0.393 e. The molecular weight excluding hydrogens is 392 g/mol. The van der Waals surface area contributed by atoms with Gasteiger partial charge in [0.15, 0.2) is 0 Å². The molecule has 1 heterocycles. The van der Waals surface area contributed by atoms with Crippen molar-refractivity contribution >= 4 is 0 Å². The lowest BCUT2D eigenvalue weighted by molar-refractivity contribution is 0.00618. The van der Waals surface area contributed by atoms with E-state index in [2.05, 4.69) is 34.6 Å². The van der Waals surface area contributed by atoms with Gasteiger partial charge in [0.25, 0.3) is 0 Å². The highest BCUT2D eigenvalue weighted by molar-refractivity contribution is 5.01. The number of rotatable bonds is 3. The summed E-state index contributed by atoms with van der Waals surface area (Å²) in [5.74, 6) is 7.79. The Hall–Kier alpha value is -0.0800. The van der Waals surface area contributed by atoms with Crippen LogP contribution in [0.25, 0.3) is 0 Å². The second kappa shape index (κ2) is 11.1. The molecule has 5 rings (SSSR count). The lowest BCUT2D eigenvalue weighted by Gasteiger charge is -2.38. The molecule has 4 saturated carbocycles. The Kier molecular flexibility index (Phi) is 8.69. The maximum absolute atomic E-state index is 10.2. The average molecular weight is 447 g/mol. The van der Waals surface area contributed by atoms with Gasteiger partial charge in [-0.1, -0.05) is 60.3 Å². The molecule has 11 unspecified atom stereocenters. The molecule has 2 heteroatoms. The first-order valence-corrected chi connectivity index (χ1v) is 14.6. The van der Waals surface area contributed by atoms with Crippen LogP contribution in [0.2, 0.25) is 0 Å². The van der Waals surface area contributed by atoms with Crippen molar-refractivity contribution in [2.45, 2.75) is 136 Å². The van der Waals surface area contributed by atoms with Crippen LogP contribution in [0.4, 0.5) is 0 Å². The molecule has 11 atom stereocenters. The Balaban J connectivity index is 0.000000153. The summed E-state index contributed by atoms with van der Waals surface area (Å²) in [6.45, 7) is 12.0. The summed E-state index contributed by atoms with van der Waals surface area (Å²) in [5, 5.41) is 10.2. The second-order valence-electron chi connectivity index (χ2n) is 13.6. The minimum Gasteiger partial charge on any atom is -0.393 e. The topological polar surface area (TPSA) is 32.8 Å². The van der Waals surface area contributed by atoms with E-state index in [1.165, 1.54) is 70.6 Å². The van der Waals surface area contributed by atoms with E-state index < -0.39 is 0 Å². The number of fused-ring (bicyclic) bond motifs is 1. The fourth-order valence-corrected chi connectivity index (χ4v) is 8.61. The zero-order valence-electron chi connectivity index (χ0n) is 22.0. The van der Waals surface area contributed by atoms with Crippen LogP contribution in [0.5, 0.6) is 0 Å². The van der Waals surface area contributed by atoms with E-state index in [0.717, 1.165) is 41.9 Å². The highest BCUT2D eigenvalue weighted by Gasteiger charge is 2.54. The van der Waals surface area contributed by atoms with Gasteiger partial charge in [-0.25, -0.2) is 0 Å². The first kappa shape index (κ1) is 25.0. The number of epoxide rings is 1. The highest BCUT2D eigenvalue weighted by Crippen LogP contribution is 2.50. The van der Waals surface area contributed by atoms with Crippen molar-refractivity contribution in [2.75, 3.05) is 0 Å². The zero-order chi connectivity index (χ0) is 22.8. The third kappa shape index (κ3) is 6.53. The quantitative estimate of drug-likeness (QED) is 0.447. The Bertz CT molecular complexity index is 559. The standard InChI is InChI=1S/C16H30.C14H24O2/c1-12-5-4-6-15(8-12)11-16-9-13(2)7-14(3)10-16;1-8-3-5-10(12(15)7-8)11-6-4-9(2)13-14(11)16-13/h12-16H,4-11H2,1-3H3;8-15H,3-7H2,1-2H3. The molecule has 5 aliphatic rings. The highest BCUT2D eigenvalue weighted by atomic mass is 16.6. The lowest BCUT2D eigenvalue weighted by atomic mass is 9.68. The fraction of sp³-hybridized carbons (Fsp3) is 1.00. The third-order valence-electron chi connectivity index (χ3n) is 10.2. The van der Waals surface area contributed by atoms with Crippen molar-refractivity contribution in [2.24, 2.45) is 53.3 Å². The number of hydrogen-bond donors (Lipinski definition) is 1. The van der Waals surface area contributed by atoms with Crippen molar-refractivity contribution < 1.29 is 9.84 Å². The number of aliphatic hydroxyl groups excluding tert-OH is 1. The summed E-state index contributed by atoms with van der Waals surface area (Å²) in [7, 11) is 0. The molecule has 0 aromatic heterocycles. The van der Waals surface area contributed by atoms with Crippen molar-refractivity contribution in [1.82, 2.24) is 0 Å². The molecule has 1 N–H and O–H groups in total. The monoisotopic (exact) mass is 446 g/mol. The van der Waals surface area contributed by atoms with Gasteiger partial charge in [-0.2, -0.15) is 0 Å². The molecule has 1 saturated heterocycles. The summed E-state index contributed by atoms with van der Waals surface area (Å²) in [4.78, 5) is 0. The molecule has 0 spiro atoms. The van der Waals surface area contributed by atoms with Gasteiger partial charge < -0.3 is 9.84 Å². The molecule has 4 aliphatic carbocycles. The number of aliphatic hydroxyl groups is 1. The molecular formula is C30H54O2. The van der Waals surface area contributed by atoms with Crippen LogP contribution in [0.15, 0.2) is 0 Å². The van der Waals surface area contributed by atoms with Gasteiger partial charge in [-0.3, -0.25) is 0 Å². The van der Waals surface area contributed by atoms with Crippen molar-refractivity contribution in [3.05, 3.63) is 0 Å². The zero-order valence-corrected chi connectivity index (χ0v) is 22.0. The Morgan fingerprint density at radius 1 is 0.594 bits per heavy atom. The molecule has 1 aliphatic heterocycles. The molecule has 32 heavy (non-hydrogen) atoms. The second-order valence-corrected chi connectivity index (χ2v) is 13.6. The molecule has 0 amide bonds. The van der Waals surface area contributed by atoms with E-state index in [4.69, 9.17) is 4.74 Å². The fourth-order valence-electron chi connectivity index (χ4n) is 8.61. The van der Waals surface area contributed by atoms with E-state index in [9.17, 15) is 5.11 Å². The predicted molar refractivity (Wildman–Crippen MR) is 134 cm³/mol. The van der Waals surface area contributed by atoms with Gasteiger partial charge in [-0.15, -0.1) is 0 Å². The van der Waals surface area contributed by atoms with E-state index in [1.54, 1.807) is 6.42 Å². The van der Waals surface area contributed by atoms with Gasteiger partial charge in [-0.05, 0) is 111 Å². The van der Waals surface area contributed by atoms with Crippen LogP contribution in [-0.2, 0) is 4.74 Å². The maximum Gasteiger partial charge on any atom is 0.0876 e. The first-order chi connectivity index (χ1) is 15.3. The molecule has 0 radical (unpaired) electrons. The molecule has 5 fully saturated rings. The van der Waals surface area contributed by atoms with Crippen LogP contribution in [-0.4, -0.2) is 23.4 Å². The number of ether oxygens (including phenoxy) is 1. The smallest absolute Gasteiger partial charge is 0.0876 e. The van der Waals surface area contributed by atoms with Gasteiger partial charge in [0.05, 0.1) is 18.3 Å². The van der Waals surface area contributed by atoms with E-state index in [0.29, 0.717) is 30.0 Å². The van der Waals surface area contributed by atoms with Crippen LogP contribution < -0.4 is 0 Å². The lowest BCUT2D eigenvalue weighted by Crippen LogP contribution is -2.38. The number of hydrogen-bond acceptors (Lipinski definition) is 2. The minimum atomic E-state index is -0.0630. The van der Waals surface area contributed by atoms with Crippen LogP contribution >= 0.6 is 0 Å². The average Bonchev–Trinajstić information content (AvgIpc) is 3.51. The molecule has 0 bridgehead atoms. The van der Waals surface area contributed by atoms with Gasteiger partial charge >= 0.3 is 0 Å². The summed E-state index contributed by atoms with van der Waals surface area (Å²) in [6, 6.07) is 0. The molecule has 0 aromatic carbocycles. The summed E-state index contributed by atoms with van der Waals surface area (Å²) in [6.07, 6.45) is 19.2. The SMILES string of the molecule is CC1CCC(C2CCC(C)C3OC23)C(O)C1.CC1CCCC(CC2CC(C)CC(C)C2)C1. The predicted octanol–water partition coefficient (Wildman–Crippen LogP) is 7.87. The van der Waals surface area contributed by atoms with Gasteiger partial charge in [0.1, 0.15) is 0 Å². The molecule has 2 nitrogen and oxygen atoms in total. The van der Waals surface area contributed by atoms with E-state index in [1.807, 2.05) is 0 Å². The van der Waals surface area contributed by atoms with Crippen molar-refractivity contribution in [1.29, 1.82) is 0 Å². The third-order valence-corrected chi connectivity index (χ3v) is 10.2. The van der Waals surface area contributed by atoms with E-state index in [-0.39, 0.29) is 6.10 Å². The van der Waals surface area contributed by atoms with E-state index >= 15 is 0 Å². The maximum atomic E-state index is 10.2. The summed E-state index contributed by atoms with van der Waals surface area (Å²) >= 11 is 0. The molecule has 0 aromatic rings. The molecule has 186 valence electrons. The van der Waals surface area contributed by atoms with Gasteiger partial charge in [0.2, 0.25) is 0 Å². The minimum absolute atomic E-state index is 0.0630. The Morgan fingerprint density at radius 2 is 1.25 bits per heavy atom. The summed E-state index contributed by atoms with van der Waals surface area (Å²) in [5.41, 5.74) is 0. The van der Waals surface area contributed by atoms with Crippen LogP contribution in [0.3, 0.4) is 0 Å². The first-order valence-electron chi connectivity index (χ1n) is 14.6. The van der Waals surface area contributed by atoms with Crippen LogP contribution in [0.1, 0.15) is 118 Å². The summed E-state index contributed by atoms with van der Waals surface area (Å²) < 4.78 is 5.82. The Labute approximate surface area is 199 Å². The van der Waals surface area contributed by atoms with Crippen molar-refractivity contribution in [3.63, 3.8) is 0 Å². The Morgan fingerprint density at radius 3 is 1.94 bits per heavy atom. The van der Waals surface area contributed by atoms with Crippen LogP contribution in [0, 0.1) is 53.3 Å². The van der Waals surface area contributed by atoms with Gasteiger partial charge in [0, 0.05) is 0 Å².